The molecule has 0 saturated carbocycles. The summed E-state index contributed by atoms with van der Waals surface area (Å²) in [5, 5.41) is 0. The summed E-state index contributed by atoms with van der Waals surface area (Å²) in [5.74, 6) is 1.41. The molecular weight excluding hydrogens is 382 g/mol. The number of nitrogens with zero attached hydrogens (tertiary/aromatic N) is 3. The van der Waals surface area contributed by atoms with Gasteiger partial charge in [-0.25, -0.2) is 13.4 Å². The molecule has 29 heavy (non-hydrogen) atoms. The lowest BCUT2D eigenvalue weighted by molar-refractivity contribution is 0.253. The number of aryl methyl sites for hydroxylation is 2. The first-order chi connectivity index (χ1) is 13.9. The van der Waals surface area contributed by atoms with Gasteiger partial charge < -0.3 is 4.57 Å². The van der Waals surface area contributed by atoms with Crippen molar-refractivity contribution in [2.24, 2.45) is 5.92 Å². The van der Waals surface area contributed by atoms with Gasteiger partial charge in [0.15, 0.2) is 0 Å². The predicted molar refractivity (Wildman–Crippen MR) is 115 cm³/mol. The number of rotatable bonds is 5. The zero-order chi connectivity index (χ0) is 20.4. The van der Waals surface area contributed by atoms with Gasteiger partial charge in [-0.05, 0) is 55.9 Å². The van der Waals surface area contributed by atoms with E-state index in [0.717, 1.165) is 41.9 Å². The number of hydrogen-bond acceptors (Lipinski definition) is 3. The van der Waals surface area contributed by atoms with Gasteiger partial charge in [-0.15, -0.1) is 0 Å². The lowest BCUT2D eigenvalue weighted by Gasteiger charge is -2.31. The molecule has 3 aromatic rings. The molecule has 0 radical (unpaired) electrons. The van der Waals surface area contributed by atoms with E-state index in [1.165, 1.54) is 0 Å². The highest BCUT2D eigenvalue weighted by Crippen LogP contribution is 2.27. The monoisotopic (exact) mass is 409 g/mol. The summed E-state index contributed by atoms with van der Waals surface area (Å²) < 4.78 is 29.9. The summed E-state index contributed by atoms with van der Waals surface area (Å²) in [6, 6.07) is 15.6. The van der Waals surface area contributed by atoms with Gasteiger partial charge in [-0.3, -0.25) is 0 Å². The first kappa shape index (κ1) is 19.9. The average Bonchev–Trinajstić information content (AvgIpc) is 3.19. The molecule has 0 aliphatic carbocycles. The van der Waals surface area contributed by atoms with Gasteiger partial charge in [-0.2, -0.15) is 4.31 Å². The van der Waals surface area contributed by atoms with Crippen LogP contribution in [-0.2, 0) is 16.6 Å². The molecule has 0 unspecified atom stereocenters. The normalized spacial score (nSPS) is 16.2. The maximum absolute atomic E-state index is 13.0. The molecule has 0 spiro atoms. The molecule has 4 rings (SSSR count). The minimum atomic E-state index is -3.42. The molecule has 1 aliphatic heterocycles. The van der Waals surface area contributed by atoms with Crippen LogP contribution < -0.4 is 0 Å². The predicted octanol–water partition coefficient (Wildman–Crippen LogP) is 4.27. The van der Waals surface area contributed by atoms with Crippen LogP contribution in [0.3, 0.4) is 0 Å². The molecule has 152 valence electrons. The van der Waals surface area contributed by atoms with E-state index >= 15 is 0 Å². The smallest absolute Gasteiger partial charge is 0.243 e. The summed E-state index contributed by atoms with van der Waals surface area (Å²) in [6.07, 6.45) is 5.56. The zero-order valence-corrected chi connectivity index (χ0v) is 17.8. The fourth-order valence-corrected chi connectivity index (χ4v) is 5.49. The minimum Gasteiger partial charge on any atom is -0.331 e. The molecule has 1 fully saturated rings. The van der Waals surface area contributed by atoms with Crippen molar-refractivity contribution in [2.75, 3.05) is 13.1 Å². The van der Waals surface area contributed by atoms with Crippen molar-refractivity contribution in [3.63, 3.8) is 0 Å². The number of sulfonamides is 1. The van der Waals surface area contributed by atoms with Crippen LogP contribution in [0, 0.1) is 19.8 Å². The Kier molecular flexibility index (Phi) is 5.56. The third kappa shape index (κ3) is 4.14. The van der Waals surface area contributed by atoms with E-state index in [1.54, 1.807) is 16.4 Å². The van der Waals surface area contributed by atoms with E-state index in [-0.39, 0.29) is 0 Å². The second kappa shape index (κ2) is 8.13. The van der Waals surface area contributed by atoms with Crippen LogP contribution in [-0.4, -0.2) is 35.4 Å². The molecule has 1 saturated heterocycles. The van der Waals surface area contributed by atoms with Crippen LogP contribution >= 0.6 is 0 Å². The van der Waals surface area contributed by atoms with Crippen molar-refractivity contribution in [3.05, 3.63) is 72.1 Å². The first-order valence-electron chi connectivity index (χ1n) is 10.1. The number of hydrogen-bond donors (Lipinski definition) is 0. The Labute approximate surface area is 173 Å². The molecule has 0 amide bonds. The van der Waals surface area contributed by atoms with E-state index in [9.17, 15) is 8.42 Å². The van der Waals surface area contributed by atoms with E-state index < -0.39 is 10.0 Å². The Balaban J connectivity index is 1.43. The number of aromatic nitrogens is 2. The standard InChI is InChI=1S/C23H27N3O2S/c1-18-8-9-22(16-19(18)2)29(27,28)26-13-10-20(11-14-26)17-25-15-12-24-23(25)21-6-4-3-5-7-21/h3-9,12,15-16,20H,10-11,13-14,17H2,1-2H3. The topological polar surface area (TPSA) is 55.2 Å². The molecule has 0 N–H and O–H groups in total. The van der Waals surface area contributed by atoms with Gasteiger partial charge in [0.2, 0.25) is 10.0 Å². The maximum Gasteiger partial charge on any atom is 0.243 e. The summed E-state index contributed by atoms with van der Waals surface area (Å²) >= 11 is 0. The maximum atomic E-state index is 13.0. The fourth-order valence-electron chi connectivity index (χ4n) is 3.94. The quantitative estimate of drug-likeness (QED) is 0.632. The van der Waals surface area contributed by atoms with Gasteiger partial charge in [0, 0.05) is 37.6 Å². The van der Waals surface area contributed by atoms with E-state index in [1.807, 2.05) is 50.5 Å². The SMILES string of the molecule is Cc1ccc(S(=O)(=O)N2CCC(Cn3ccnc3-c3ccccc3)CC2)cc1C. The van der Waals surface area contributed by atoms with Crippen molar-refractivity contribution >= 4 is 10.0 Å². The van der Waals surface area contributed by atoms with Gasteiger partial charge in [0.05, 0.1) is 4.90 Å². The molecule has 6 heteroatoms. The van der Waals surface area contributed by atoms with Gasteiger partial charge >= 0.3 is 0 Å². The molecule has 1 aliphatic rings. The second-order valence-electron chi connectivity index (χ2n) is 7.86. The fraction of sp³-hybridized carbons (Fsp3) is 0.348. The third-order valence-electron chi connectivity index (χ3n) is 5.89. The van der Waals surface area contributed by atoms with Crippen molar-refractivity contribution in [1.29, 1.82) is 0 Å². The minimum absolute atomic E-state index is 0.403. The van der Waals surface area contributed by atoms with Crippen molar-refractivity contribution in [3.8, 4) is 11.4 Å². The molecule has 0 atom stereocenters. The van der Waals surface area contributed by atoms with Crippen molar-refractivity contribution in [2.45, 2.75) is 38.1 Å². The Hall–Kier alpha value is -2.44. The van der Waals surface area contributed by atoms with Crippen molar-refractivity contribution < 1.29 is 8.42 Å². The third-order valence-corrected chi connectivity index (χ3v) is 7.79. The van der Waals surface area contributed by atoms with Gasteiger partial charge in [0.25, 0.3) is 0 Å². The molecule has 2 heterocycles. The van der Waals surface area contributed by atoms with Crippen LogP contribution in [0.5, 0.6) is 0 Å². The zero-order valence-electron chi connectivity index (χ0n) is 17.0. The number of benzene rings is 2. The summed E-state index contributed by atoms with van der Waals surface area (Å²) in [5.41, 5.74) is 3.22. The molecule has 0 bridgehead atoms. The molecule has 2 aromatic carbocycles. The summed E-state index contributed by atoms with van der Waals surface area (Å²) in [7, 11) is -3.42. The van der Waals surface area contributed by atoms with Crippen LogP contribution in [0.4, 0.5) is 0 Å². The van der Waals surface area contributed by atoms with E-state index in [2.05, 4.69) is 21.7 Å². The first-order valence-corrected chi connectivity index (χ1v) is 11.5. The molecular formula is C23H27N3O2S. The molecule has 1 aromatic heterocycles. The highest BCUT2D eigenvalue weighted by molar-refractivity contribution is 7.89. The lowest BCUT2D eigenvalue weighted by atomic mass is 9.98. The van der Waals surface area contributed by atoms with Crippen LogP contribution in [0.1, 0.15) is 24.0 Å². The van der Waals surface area contributed by atoms with Crippen LogP contribution in [0.2, 0.25) is 0 Å². The summed E-state index contributed by atoms with van der Waals surface area (Å²) in [6.45, 7) is 5.94. The van der Waals surface area contributed by atoms with Crippen molar-refractivity contribution in [1.82, 2.24) is 13.9 Å². The Morgan fingerprint density at radius 1 is 1.00 bits per heavy atom. The molecule has 5 nitrogen and oxygen atoms in total. The van der Waals surface area contributed by atoms with E-state index in [4.69, 9.17) is 0 Å². The van der Waals surface area contributed by atoms with E-state index in [0.29, 0.717) is 23.9 Å². The van der Waals surface area contributed by atoms with Crippen LogP contribution in [0.25, 0.3) is 11.4 Å². The largest absolute Gasteiger partial charge is 0.331 e. The number of piperidine rings is 1. The van der Waals surface area contributed by atoms with Gasteiger partial charge in [0.1, 0.15) is 5.82 Å². The second-order valence-corrected chi connectivity index (χ2v) is 9.80. The summed E-state index contributed by atoms with van der Waals surface area (Å²) in [4.78, 5) is 4.92. The van der Waals surface area contributed by atoms with Crippen LogP contribution in [0.15, 0.2) is 65.8 Å². The Morgan fingerprint density at radius 3 is 2.41 bits per heavy atom. The Morgan fingerprint density at radius 2 is 1.72 bits per heavy atom. The number of imidazole rings is 1. The average molecular weight is 410 g/mol. The highest BCUT2D eigenvalue weighted by Gasteiger charge is 2.30. The van der Waals surface area contributed by atoms with Gasteiger partial charge in [-0.1, -0.05) is 36.4 Å². The lowest BCUT2D eigenvalue weighted by Crippen LogP contribution is -2.39. The highest BCUT2D eigenvalue weighted by atomic mass is 32.2. The Bertz CT molecular complexity index is 1080.